The van der Waals surface area contributed by atoms with E-state index in [9.17, 15) is 4.79 Å². The van der Waals surface area contributed by atoms with E-state index in [1.54, 1.807) is 36.7 Å². The summed E-state index contributed by atoms with van der Waals surface area (Å²) in [5, 5.41) is 10.0. The van der Waals surface area contributed by atoms with Gasteiger partial charge < -0.3 is 15.2 Å². The van der Waals surface area contributed by atoms with Gasteiger partial charge in [0.1, 0.15) is 0 Å². The quantitative estimate of drug-likeness (QED) is 0.486. The molecule has 2 aromatic heterocycles. The Kier molecular flexibility index (Phi) is 5.49. The minimum atomic E-state index is -0.395. The number of benzene rings is 2. The second-order valence-corrected chi connectivity index (χ2v) is 6.55. The number of hydrogen-bond donors (Lipinski definition) is 2. The highest BCUT2D eigenvalue weighted by atomic mass is 35.5. The molecule has 0 atom stereocenters. The number of para-hydroxylation sites is 2. The Morgan fingerprint density at radius 2 is 1.62 bits per heavy atom. The monoisotopic (exact) mass is 405 g/mol. The summed E-state index contributed by atoms with van der Waals surface area (Å²) in [5.41, 5.74) is 2.83. The number of hydrogen-bond acceptors (Lipinski definition) is 5. The number of nitrogens with zero attached hydrogens (tertiary/aromatic N) is 3. The van der Waals surface area contributed by atoms with Gasteiger partial charge in [0.15, 0.2) is 0 Å². The summed E-state index contributed by atoms with van der Waals surface area (Å²) in [4.78, 5) is 20.8. The van der Waals surface area contributed by atoms with Crippen molar-refractivity contribution in [2.45, 2.75) is 6.42 Å². The molecule has 0 saturated heterocycles. The molecule has 0 fully saturated rings. The first-order chi connectivity index (χ1) is 14.2. The van der Waals surface area contributed by atoms with Crippen molar-refractivity contribution in [3.05, 3.63) is 89.5 Å². The fraction of sp³-hybridized carbons (Fsp3) is 0.0476. The molecular formula is C21H16ClN5O2. The van der Waals surface area contributed by atoms with Gasteiger partial charge in [0.25, 0.3) is 0 Å². The van der Waals surface area contributed by atoms with Crippen molar-refractivity contribution in [2.24, 2.45) is 0 Å². The SMILES string of the molecule is O=C(Nc1ccccc1Cl)Nc1ccccc1Cc1nc(-c2ccncc2)no1. The first-order valence-electron chi connectivity index (χ1n) is 8.82. The van der Waals surface area contributed by atoms with Crippen molar-refractivity contribution in [1.29, 1.82) is 0 Å². The number of amides is 2. The van der Waals surface area contributed by atoms with Crippen LogP contribution in [0, 0.1) is 0 Å². The summed E-state index contributed by atoms with van der Waals surface area (Å²) in [6.45, 7) is 0. The lowest BCUT2D eigenvalue weighted by atomic mass is 10.1. The van der Waals surface area contributed by atoms with E-state index in [1.165, 1.54) is 0 Å². The molecule has 0 aliphatic carbocycles. The van der Waals surface area contributed by atoms with Crippen molar-refractivity contribution < 1.29 is 9.32 Å². The molecule has 2 N–H and O–H groups in total. The Hall–Kier alpha value is -3.71. The average molecular weight is 406 g/mol. The van der Waals surface area contributed by atoms with Gasteiger partial charge in [-0.25, -0.2) is 4.79 Å². The molecule has 144 valence electrons. The third-order valence-electron chi connectivity index (χ3n) is 4.14. The largest absolute Gasteiger partial charge is 0.339 e. The summed E-state index contributed by atoms with van der Waals surface area (Å²) in [7, 11) is 0. The standard InChI is InChI=1S/C21H16ClN5O2/c22-16-6-2-4-8-18(16)25-21(28)24-17-7-3-1-5-15(17)13-19-26-20(27-29-19)14-9-11-23-12-10-14/h1-12H,13H2,(H2,24,25,28). The Labute approximate surface area is 171 Å². The van der Waals surface area contributed by atoms with Gasteiger partial charge in [-0.3, -0.25) is 4.98 Å². The fourth-order valence-corrected chi connectivity index (χ4v) is 2.93. The van der Waals surface area contributed by atoms with Crippen LogP contribution >= 0.6 is 11.6 Å². The zero-order valence-electron chi connectivity index (χ0n) is 15.2. The first kappa shape index (κ1) is 18.6. The maximum absolute atomic E-state index is 12.4. The number of halogens is 1. The van der Waals surface area contributed by atoms with Crippen LogP contribution in [0.4, 0.5) is 16.2 Å². The molecule has 0 radical (unpaired) electrons. The predicted molar refractivity (Wildman–Crippen MR) is 111 cm³/mol. The Balaban J connectivity index is 1.48. The number of carbonyl (C=O) groups is 1. The molecule has 7 nitrogen and oxygen atoms in total. The van der Waals surface area contributed by atoms with Crippen LogP contribution < -0.4 is 10.6 Å². The molecule has 4 aromatic rings. The second-order valence-electron chi connectivity index (χ2n) is 6.14. The summed E-state index contributed by atoms with van der Waals surface area (Å²) >= 11 is 6.09. The van der Waals surface area contributed by atoms with Gasteiger partial charge >= 0.3 is 6.03 Å². The number of anilines is 2. The Morgan fingerprint density at radius 3 is 2.41 bits per heavy atom. The van der Waals surface area contributed by atoms with E-state index in [1.807, 2.05) is 36.4 Å². The van der Waals surface area contributed by atoms with Crippen molar-refractivity contribution in [3.8, 4) is 11.4 Å². The highest BCUT2D eigenvalue weighted by molar-refractivity contribution is 6.33. The second kappa shape index (κ2) is 8.53. The lowest BCUT2D eigenvalue weighted by molar-refractivity contribution is 0.262. The molecule has 0 spiro atoms. The van der Waals surface area contributed by atoms with E-state index >= 15 is 0 Å². The number of aromatic nitrogens is 3. The minimum Gasteiger partial charge on any atom is -0.339 e. The van der Waals surface area contributed by atoms with Crippen molar-refractivity contribution in [1.82, 2.24) is 15.1 Å². The van der Waals surface area contributed by atoms with Crippen molar-refractivity contribution >= 4 is 29.0 Å². The van der Waals surface area contributed by atoms with E-state index in [0.29, 0.717) is 34.5 Å². The van der Waals surface area contributed by atoms with Crippen molar-refractivity contribution in [3.63, 3.8) is 0 Å². The number of pyridine rings is 1. The van der Waals surface area contributed by atoms with E-state index < -0.39 is 6.03 Å². The number of nitrogens with one attached hydrogen (secondary N) is 2. The molecule has 2 amide bonds. The molecule has 29 heavy (non-hydrogen) atoms. The summed E-state index contributed by atoms with van der Waals surface area (Å²) in [6, 6.07) is 17.7. The van der Waals surface area contributed by atoms with Gasteiger partial charge in [-0.15, -0.1) is 0 Å². The van der Waals surface area contributed by atoms with Crippen LogP contribution in [0.5, 0.6) is 0 Å². The minimum absolute atomic E-state index is 0.376. The third-order valence-corrected chi connectivity index (χ3v) is 4.47. The van der Waals surface area contributed by atoms with Gasteiger partial charge in [-0.2, -0.15) is 4.98 Å². The number of urea groups is 1. The Bertz CT molecular complexity index is 1130. The molecule has 2 aromatic carbocycles. The van der Waals surface area contributed by atoms with E-state index in [2.05, 4.69) is 25.8 Å². The van der Waals surface area contributed by atoms with Crippen LogP contribution in [-0.2, 0) is 6.42 Å². The van der Waals surface area contributed by atoms with E-state index in [4.69, 9.17) is 16.1 Å². The van der Waals surface area contributed by atoms with Gasteiger partial charge in [0.05, 0.1) is 17.1 Å². The van der Waals surface area contributed by atoms with Crippen LogP contribution in [0.3, 0.4) is 0 Å². The van der Waals surface area contributed by atoms with Crippen LogP contribution in [0.1, 0.15) is 11.5 Å². The van der Waals surface area contributed by atoms with E-state index in [0.717, 1.165) is 11.1 Å². The molecule has 8 heteroatoms. The molecule has 2 heterocycles. The summed E-state index contributed by atoms with van der Waals surface area (Å²) in [6.07, 6.45) is 3.71. The van der Waals surface area contributed by atoms with Crippen LogP contribution in [0.2, 0.25) is 5.02 Å². The summed E-state index contributed by atoms with van der Waals surface area (Å²) < 4.78 is 5.37. The first-order valence-corrected chi connectivity index (χ1v) is 9.20. The van der Waals surface area contributed by atoms with Gasteiger partial charge in [0.2, 0.25) is 11.7 Å². The normalized spacial score (nSPS) is 10.5. The van der Waals surface area contributed by atoms with Crippen molar-refractivity contribution in [2.75, 3.05) is 10.6 Å². The van der Waals surface area contributed by atoms with Crippen LogP contribution in [0.25, 0.3) is 11.4 Å². The molecule has 0 aliphatic rings. The summed E-state index contributed by atoms with van der Waals surface area (Å²) in [5.74, 6) is 0.932. The molecule has 0 saturated carbocycles. The third kappa shape index (κ3) is 4.59. The fourth-order valence-electron chi connectivity index (χ4n) is 2.74. The smallest absolute Gasteiger partial charge is 0.323 e. The maximum Gasteiger partial charge on any atom is 0.323 e. The topological polar surface area (TPSA) is 92.9 Å². The van der Waals surface area contributed by atoms with Crippen LogP contribution in [-0.4, -0.2) is 21.2 Å². The molecular weight excluding hydrogens is 390 g/mol. The number of rotatable bonds is 5. The average Bonchev–Trinajstić information content (AvgIpc) is 3.20. The maximum atomic E-state index is 12.4. The van der Waals surface area contributed by atoms with Crippen LogP contribution in [0.15, 0.2) is 77.6 Å². The van der Waals surface area contributed by atoms with E-state index in [-0.39, 0.29) is 0 Å². The number of carbonyl (C=O) groups excluding carboxylic acids is 1. The zero-order chi connectivity index (χ0) is 20.1. The Morgan fingerprint density at radius 1 is 0.931 bits per heavy atom. The zero-order valence-corrected chi connectivity index (χ0v) is 15.9. The van der Waals surface area contributed by atoms with Gasteiger partial charge in [-0.1, -0.05) is 47.1 Å². The van der Waals surface area contributed by atoms with Gasteiger partial charge in [-0.05, 0) is 35.9 Å². The highest BCUT2D eigenvalue weighted by Crippen LogP contribution is 2.23. The highest BCUT2D eigenvalue weighted by Gasteiger charge is 2.13. The molecule has 0 unspecified atom stereocenters. The lowest BCUT2D eigenvalue weighted by Crippen LogP contribution is -2.20. The molecule has 0 aliphatic heterocycles. The molecule has 4 rings (SSSR count). The van der Waals surface area contributed by atoms with Gasteiger partial charge in [0, 0.05) is 23.6 Å². The lowest BCUT2D eigenvalue weighted by Gasteiger charge is -2.11. The molecule has 0 bridgehead atoms. The predicted octanol–water partition coefficient (Wildman–Crippen LogP) is 5.02.